The topological polar surface area (TPSA) is 38.0 Å². The van der Waals surface area contributed by atoms with E-state index >= 15 is 0 Å². The number of anilines is 1. The Morgan fingerprint density at radius 3 is 1.96 bits per heavy atom. The Morgan fingerprint density at radius 1 is 0.840 bits per heavy atom. The highest BCUT2D eigenvalue weighted by Crippen LogP contribution is 2.07. The van der Waals surface area contributed by atoms with E-state index in [0.29, 0.717) is 12.2 Å². The van der Waals surface area contributed by atoms with Gasteiger partial charge in [-0.25, -0.2) is 8.78 Å². The number of quaternary nitrogens is 2. The number of carbonyl (C=O) groups excluding carboxylic acids is 1. The lowest BCUT2D eigenvalue weighted by molar-refractivity contribution is -1.02. The lowest BCUT2D eigenvalue weighted by Crippen LogP contribution is -3.28. The summed E-state index contributed by atoms with van der Waals surface area (Å²) in [6, 6.07) is 12.4. The van der Waals surface area contributed by atoms with Crippen molar-refractivity contribution in [2.75, 3.05) is 38.0 Å². The standard InChI is InChI=1S/C19H21F2N3O/c20-16-3-1-15(2-4-16)13-23-9-11-24(12-10-23)14-19(25)22-18-7-5-17(21)6-8-18/h1-8H,9-14H2,(H,22,25)/p+2. The molecular formula is C19H23F2N3O+2. The minimum atomic E-state index is -0.316. The van der Waals surface area contributed by atoms with Crippen molar-refractivity contribution in [3.05, 3.63) is 65.7 Å². The Labute approximate surface area is 146 Å². The molecule has 3 rings (SSSR count). The molecule has 2 aromatic rings. The van der Waals surface area contributed by atoms with Gasteiger partial charge in [0.15, 0.2) is 6.54 Å². The summed E-state index contributed by atoms with van der Waals surface area (Å²) in [4.78, 5) is 14.8. The van der Waals surface area contributed by atoms with Crippen LogP contribution in [0.2, 0.25) is 0 Å². The molecule has 6 heteroatoms. The molecule has 0 aliphatic carbocycles. The second-order valence-corrected chi connectivity index (χ2v) is 6.54. The number of rotatable bonds is 5. The van der Waals surface area contributed by atoms with Gasteiger partial charge in [-0.1, -0.05) is 12.1 Å². The van der Waals surface area contributed by atoms with E-state index in [2.05, 4.69) is 5.32 Å². The van der Waals surface area contributed by atoms with Crippen LogP contribution in [0, 0.1) is 11.6 Å². The Kier molecular flexibility index (Phi) is 5.73. The zero-order valence-electron chi connectivity index (χ0n) is 14.0. The smallest absolute Gasteiger partial charge is 0.279 e. The maximum Gasteiger partial charge on any atom is 0.279 e. The van der Waals surface area contributed by atoms with Crippen LogP contribution in [0.4, 0.5) is 14.5 Å². The van der Waals surface area contributed by atoms with E-state index in [4.69, 9.17) is 0 Å². The van der Waals surface area contributed by atoms with Crippen molar-refractivity contribution in [3.63, 3.8) is 0 Å². The summed E-state index contributed by atoms with van der Waals surface area (Å²) in [6.45, 7) is 5.12. The van der Waals surface area contributed by atoms with Gasteiger partial charge < -0.3 is 15.1 Å². The number of nitrogens with one attached hydrogen (secondary N) is 3. The lowest BCUT2D eigenvalue weighted by atomic mass is 10.2. The molecule has 2 aromatic carbocycles. The number of hydrogen-bond acceptors (Lipinski definition) is 1. The highest BCUT2D eigenvalue weighted by atomic mass is 19.1. The van der Waals surface area contributed by atoms with Crippen molar-refractivity contribution < 1.29 is 23.4 Å². The highest BCUT2D eigenvalue weighted by molar-refractivity contribution is 5.91. The summed E-state index contributed by atoms with van der Waals surface area (Å²) in [5.74, 6) is -0.576. The first kappa shape index (κ1) is 17.5. The van der Waals surface area contributed by atoms with Gasteiger partial charge in [-0.15, -0.1) is 0 Å². The Hall–Kier alpha value is -2.31. The highest BCUT2D eigenvalue weighted by Gasteiger charge is 2.24. The van der Waals surface area contributed by atoms with Crippen molar-refractivity contribution >= 4 is 11.6 Å². The van der Waals surface area contributed by atoms with Crippen LogP contribution < -0.4 is 15.1 Å². The second-order valence-electron chi connectivity index (χ2n) is 6.54. The molecule has 1 heterocycles. The molecule has 1 aliphatic rings. The molecule has 0 aromatic heterocycles. The third-order valence-corrected chi connectivity index (χ3v) is 4.57. The largest absolute Gasteiger partial charge is 0.322 e. The van der Waals surface area contributed by atoms with E-state index in [-0.39, 0.29) is 17.5 Å². The third-order valence-electron chi connectivity index (χ3n) is 4.57. The fourth-order valence-corrected chi connectivity index (χ4v) is 3.17. The van der Waals surface area contributed by atoms with Gasteiger partial charge in [0.05, 0.1) is 0 Å². The van der Waals surface area contributed by atoms with Gasteiger partial charge in [0.25, 0.3) is 5.91 Å². The minimum absolute atomic E-state index is 0.0522. The van der Waals surface area contributed by atoms with Gasteiger partial charge in [0, 0.05) is 11.3 Å². The number of benzene rings is 2. The van der Waals surface area contributed by atoms with Crippen molar-refractivity contribution in [1.29, 1.82) is 0 Å². The van der Waals surface area contributed by atoms with Crippen LogP contribution in [0.1, 0.15) is 5.56 Å². The number of amides is 1. The van der Waals surface area contributed by atoms with Crippen molar-refractivity contribution in [2.24, 2.45) is 0 Å². The first-order valence-corrected chi connectivity index (χ1v) is 8.55. The Morgan fingerprint density at radius 2 is 1.36 bits per heavy atom. The SMILES string of the molecule is O=C(C[NH+]1CC[NH+](Cc2ccc(F)cc2)CC1)Nc1ccc(F)cc1. The maximum absolute atomic E-state index is 12.9. The Bertz CT molecular complexity index is 696. The molecule has 0 radical (unpaired) electrons. The first-order valence-electron chi connectivity index (χ1n) is 8.55. The van der Waals surface area contributed by atoms with Gasteiger partial charge in [0.2, 0.25) is 0 Å². The van der Waals surface area contributed by atoms with Crippen LogP contribution in [0.5, 0.6) is 0 Å². The fraction of sp³-hybridized carbons (Fsp3) is 0.316. The predicted molar refractivity (Wildman–Crippen MR) is 91.4 cm³/mol. The summed E-state index contributed by atoms with van der Waals surface area (Å²) in [6.07, 6.45) is 0. The molecule has 25 heavy (non-hydrogen) atoms. The molecule has 0 spiro atoms. The molecular weight excluding hydrogens is 324 g/mol. The first-order chi connectivity index (χ1) is 12.1. The average molecular weight is 347 g/mol. The van der Waals surface area contributed by atoms with Crippen LogP contribution >= 0.6 is 0 Å². The number of piperazine rings is 1. The van der Waals surface area contributed by atoms with Gasteiger partial charge >= 0.3 is 0 Å². The number of carbonyl (C=O) groups is 1. The summed E-state index contributed by atoms with van der Waals surface area (Å²) in [5, 5.41) is 2.80. The second kappa shape index (κ2) is 8.18. The molecule has 0 unspecified atom stereocenters. The van der Waals surface area contributed by atoms with Crippen LogP contribution in [0.3, 0.4) is 0 Å². The maximum atomic E-state index is 12.9. The van der Waals surface area contributed by atoms with E-state index in [0.717, 1.165) is 38.3 Å². The predicted octanol–water partition coefficient (Wildman–Crippen LogP) is -0.113. The normalized spacial score (nSPS) is 20.2. The van der Waals surface area contributed by atoms with Crippen molar-refractivity contribution in [1.82, 2.24) is 0 Å². The van der Waals surface area contributed by atoms with Gasteiger partial charge in [-0.3, -0.25) is 4.79 Å². The molecule has 4 nitrogen and oxygen atoms in total. The summed E-state index contributed by atoms with van der Waals surface area (Å²) >= 11 is 0. The minimum Gasteiger partial charge on any atom is -0.322 e. The molecule has 1 amide bonds. The van der Waals surface area contributed by atoms with E-state index in [1.807, 2.05) is 12.1 Å². The number of halogens is 2. The molecule has 1 saturated heterocycles. The van der Waals surface area contributed by atoms with Gasteiger partial charge in [0.1, 0.15) is 44.4 Å². The van der Waals surface area contributed by atoms with Crippen LogP contribution in [-0.4, -0.2) is 38.6 Å². The molecule has 3 N–H and O–H groups in total. The summed E-state index contributed by atoms with van der Waals surface area (Å²) in [5.41, 5.74) is 1.75. The number of hydrogen-bond donors (Lipinski definition) is 3. The molecule has 0 bridgehead atoms. The van der Waals surface area contributed by atoms with Crippen LogP contribution in [0.25, 0.3) is 0 Å². The quantitative estimate of drug-likeness (QED) is 0.694. The zero-order valence-corrected chi connectivity index (χ0v) is 14.0. The molecule has 1 aliphatic heterocycles. The molecule has 0 saturated carbocycles. The van der Waals surface area contributed by atoms with E-state index in [1.54, 1.807) is 12.1 Å². The van der Waals surface area contributed by atoms with E-state index in [9.17, 15) is 13.6 Å². The molecule has 0 atom stereocenters. The van der Waals surface area contributed by atoms with Crippen molar-refractivity contribution in [3.8, 4) is 0 Å². The average Bonchev–Trinajstić information content (AvgIpc) is 2.61. The third kappa shape index (κ3) is 5.34. The monoisotopic (exact) mass is 347 g/mol. The lowest BCUT2D eigenvalue weighted by Gasteiger charge is -2.29. The Balaban J connectivity index is 1.42. The van der Waals surface area contributed by atoms with Crippen LogP contribution in [-0.2, 0) is 11.3 Å². The van der Waals surface area contributed by atoms with E-state index < -0.39 is 0 Å². The van der Waals surface area contributed by atoms with Crippen molar-refractivity contribution in [2.45, 2.75) is 6.54 Å². The van der Waals surface area contributed by atoms with Gasteiger partial charge in [-0.05, 0) is 36.4 Å². The summed E-state index contributed by atoms with van der Waals surface area (Å²) < 4.78 is 25.8. The van der Waals surface area contributed by atoms with Crippen LogP contribution in [0.15, 0.2) is 48.5 Å². The van der Waals surface area contributed by atoms with E-state index in [1.165, 1.54) is 34.1 Å². The fourth-order valence-electron chi connectivity index (χ4n) is 3.17. The molecule has 132 valence electrons. The zero-order chi connectivity index (χ0) is 17.6. The summed E-state index contributed by atoms with van der Waals surface area (Å²) in [7, 11) is 0. The van der Waals surface area contributed by atoms with Gasteiger partial charge in [-0.2, -0.15) is 0 Å². The molecule has 1 fully saturated rings.